The Morgan fingerprint density at radius 3 is 2.36 bits per heavy atom. The van der Waals surface area contributed by atoms with E-state index in [1.165, 1.54) is 6.92 Å². The smallest absolute Gasteiger partial charge is 0.306 e. The molecule has 0 aliphatic carbocycles. The molecule has 0 aromatic carbocycles. The van der Waals surface area contributed by atoms with Crippen LogP contribution in [-0.4, -0.2) is 22.5 Å². The second-order valence-electron chi connectivity index (χ2n) is 2.62. The van der Waals surface area contributed by atoms with E-state index in [9.17, 15) is 14.9 Å². The molecule has 2 atom stereocenters. The number of hydrogen-bond acceptors (Lipinski definition) is 3. The van der Waals surface area contributed by atoms with Gasteiger partial charge in [-0.1, -0.05) is 13.8 Å². The molecular formula is C6H11NO4. The largest absolute Gasteiger partial charge is 0.481 e. The van der Waals surface area contributed by atoms with Gasteiger partial charge in [-0.2, -0.15) is 0 Å². The van der Waals surface area contributed by atoms with Crippen LogP contribution in [0.4, 0.5) is 0 Å². The summed E-state index contributed by atoms with van der Waals surface area (Å²) in [5.41, 5.74) is 0. The zero-order chi connectivity index (χ0) is 9.02. The van der Waals surface area contributed by atoms with E-state index in [2.05, 4.69) is 0 Å². The normalized spacial score (nSPS) is 15.5. The third-order valence-corrected chi connectivity index (χ3v) is 1.68. The van der Waals surface area contributed by atoms with Gasteiger partial charge in [0.15, 0.2) is 0 Å². The van der Waals surface area contributed by atoms with E-state index in [-0.39, 0.29) is 6.54 Å². The molecular weight excluding hydrogens is 150 g/mol. The monoisotopic (exact) mass is 161 g/mol. The Balaban J connectivity index is 3.92. The molecule has 0 aromatic heterocycles. The van der Waals surface area contributed by atoms with Gasteiger partial charge in [-0.25, -0.2) is 0 Å². The Morgan fingerprint density at radius 2 is 2.09 bits per heavy atom. The molecule has 0 saturated heterocycles. The summed E-state index contributed by atoms with van der Waals surface area (Å²) in [5, 5.41) is 18.4. The van der Waals surface area contributed by atoms with E-state index in [1.54, 1.807) is 6.92 Å². The Hall–Kier alpha value is -1.13. The predicted molar refractivity (Wildman–Crippen MR) is 37.8 cm³/mol. The first-order valence-corrected chi connectivity index (χ1v) is 3.29. The van der Waals surface area contributed by atoms with E-state index < -0.39 is 22.7 Å². The molecule has 0 aromatic rings. The standard InChI is InChI=1S/C6H11NO4/c1-4(3-7(10)11)5(2)6(8)9/h4-5H,3H2,1-2H3,(H,8,9). The van der Waals surface area contributed by atoms with Crippen LogP contribution in [0.15, 0.2) is 0 Å². The highest BCUT2D eigenvalue weighted by molar-refractivity contribution is 5.69. The quantitative estimate of drug-likeness (QED) is 0.484. The molecule has 0 spiro atoms. The second-order valence-corrected chi connectivity index (χ2v) is 2.62. The van der Waals surface area contributed by atoms with Gasteiger partial charge in [0.05, 0.1) is 5.92 Å². The third-order valence-electron chi connectivity index (χ3n) is 1.68. The van der Waals surface area contributed by atoms with Crippen LogP contribution in [0, 0.1) is 22.0 Å². The van der Waals surface area contributed by atoms with Crippen LogP contribution in [0.1, 0.15) is 13.8 Å². The summed E-state index contributed by atoms with van der Waals surface area (Å²) in [5.74, 6) is -2.05. The Kier molecular flexibility index (Phi) is 3.50. The fraction of sp³-hybridized carbons (Fsp3) is 0.833. The summed E-state index contributed by atoms with van der Waals surface area (Å²) in [6, 6.07) is 0. The van der Waals surface area contributed by atoms with Crippen LogP contribution < -0.4 is 0 Å². The molecule has 0 heterocycles. The van der Waals surface area contributed by atoms with Gasteiger partial charge in [0.25, 0.3) is 0 Å². The SMILES string of the molecule is CC(C[N+](=O)[O-])C(C)C(=O)O. The van der Waals surface area contributed by atoms with Crippen LogP contribution in [0.3, 0.4) is 0 Å². The van der Waals surface area contributed by atoms with Gasteiger partial charge < -0.3 is 5.11 Å². The third kappa shape index (κ3) is 3.54. The molecule has 5 heteroatoms. The Labute approximate surface area is 64.2 Å². The van der Waals surface area contributed by atoms with Crippen molar-refractivity contribution < 1.29 is 14.8 Å². The van der Waals surface area contributed by atoms with Crippen LogP contribution in [-0.2, 0) is 4.79 Å². The molecule has 0 saturated carbocycles. The van der Waals surface area contributed by atoms with Gasteiger partial charge in [0.2, 0.25) is 6.54 Å². The molecule has 0 radical (unpaired) electrons. The number of rotatable bonds is 4. The number of aliphatic carboxylic acids is 1. The summed E-state index contributed by atoms with van der Waals surface area (Å²) in [7, 11) is 0. The first kappa shape index (κ1) is 9.87. The number of hydrogen-bond donors (Lipinski definition) is 1. The van der Waals surface area contributed by atoms with Crippen LogP contribution in [0.5, 0.6) is 0 Å². The average molecular weight is 161 g/mol. The first-order chi connectivity index (χ1) is 4.95. The maximum atomic E-state index is 10.3. The van der Waals surface area contributed by atoms with Crippen LogP contribution in [0.25, 0.3) is 0 Å². The number of carboxylic acid groups (broad SMARTS) is 1. The summed E-state index contributed by atoms with van der Waals surface area (Å²) >= 11 is 0. The molecule has 0 fully saturated rings. The number of nitro groups is 1. The van der Waals surface area contributed by atoms with E-state index in [1.807, 2.05) is 0 Å². The highest BCUT2D eigenvalue weighted by atomic mass is 16.6. The minimum atomic E-state index is -0.987. The lowest BCUT2D eigenvalue weighted by Gasteiger charge is -2.10. The minimum Gasteiger partial charge on any atom is -0.481 e. The Morgan fingerprint density at radius 1 is 1.64 bits per heavy atom. The van der Waals surface area contributed by atoms with Crippen LogP contribution in [0.2, 0.25) is 0 Å². The van der Waals surface area contributed by atoms with E-state index in [4.69, 9.17) is 5.11 Å². The maximum Gasteiger partial charge on any atom is 0.306 e. The molecule has 0 aliphatic heterocycles. The molecule has 64 valence electrons. The zero-order valence-corrected chi connectivity index (χ0v) is 6.48. The van der Waals surface area contributed by atoms with Crippen molar-refractivity contribution in [3.05, 3.63) is 10.1 Å². The summed E-state index contributed by atoms with van der Waals surface area (Å²) in [6.07, 6.45) is 0. The van der Waals surface area contributed by atoms with Crippen molar-refractivity contribution in [2.75, 3.05) is 6.54 Å². The molecule has 1 N–H and O–H groups in total. The molecule has 0 bridgehead atoms. The first-order valence-electron chi connectivity index (χ1n) is 3.29. The predicted octanol–water partition coefficient (Wildman–Crippen LogP) is 0.620. The highest BCUT2D eigenvalue weighted by Gasteiger charge is 2.23. The molecule has 0 aliphatic rings. The zero-order valence-electron chi connectivity index (χ0n) is 6.48. The lowest BCUT2D eigenvalue weighted by Crippen LogP contribution is -2.24. The molecule has 0 rings (SSSR count). The second kappa shape index (κ2) is 3.90. The lowest BCUT2D eigenvalue weighted by atomic mass is 9.97. The van der Waals surface area contributed by atoms with Gasteiger partial charge in [0, 0.05) is 10.8 Å². The molecule has 11 heavy (non-hydrogen) atoms. The number of nitrogens with zero attached hydrogens (tertiary/aromatic N) is 1. The van der Waals surface area contributed by atoms with Gasteiger partial charge in [-0.15, -0.1) is 0 Å². The topological polar surface area (TPSA) is 80.4 Å². The summed E-state index contributed by atoms with van der Waals surface area (Å²) < 4.78 is 0. The summed E-state index contributed by atoms with van der Waals surface area (Å²) in [6.45, 7) is 2.74. The average Bonchev–Trinajstić information content (AvgIpc) is 1.84. The number of carbonyl (C=O) groups is 1. The van der Waals surface area contributed by atoms with Gasteiger partial charge in [-0.05, 0) is 0 Å². The van der Waals surface area contributed by atoms with Crippen molar-refractivity contribution in [3.63, 3.8) is 0 Å². The fourth-order valence-electron chi connectivity index (χ4n) is 0.637. The van der Waals surface area contributed by atoms with Gasteiger partial charge >= 0.3 is 5.97 Å². The van der Waals surface area contributed by atoms with E-state index >= 15 is 0 Å². The molecule has 2 unspecified atom stereocenters. The number of carboxylic acids is 1. The van der Waals surface area contributed by atoms with E-state index in [0.29, 0.717) is 0 Å². The fourth-order valence-corrected chi connectivity index (χ4v) is 0.637. The minimum absolute atomic E-state index is 0.284. The van der Waals surface area contributed by atoms with Crippen molar-refractivity contribution in [1.29, 1.82) is 0 Å². The maximum absolute atomic E-state index is 10.3. The summed E-state index contributed by atoms with van der Waals surface area (Å²) in [4.78, 5) is 19.8. The lowest BCUT2D eigenvalue weighted by molar-refractivity contribution is -0.488. The molecule has 5 nitrogen and oxygen atoms in total. The molecule has 0 amide bonds. The van der Waals surface area contributed by atoms with Crippen molar-refractivity contribution in [3.8, 4) is 0 Å². The van der Waals surface area contributed by atoms with Crippen molar-refractivity contribution in [2.24, 2.45) is 11.8 Å². The highest BCUT2D eigenvalue weighted by Crippen LogP contribution is 2.10. The van der Waals surface area contributed by atoms with E-state index in [0.717, 1.165) is 0 Å². The van der Waals surface area contributed by atoms with Gasteiger partial charge in [0.1, 0.15) is 0 Å². The van der Waals surface area contributed by atoms with Crippen molar-refractivity contribution >= 4 is 5.97 Å². The van der Waals surface area contributed by atoms with Crippen molar-refractivity contribution in [1.82, 2.24) is 0 Å². The van der Waals surface area contributed by atoms with Crippen LogP contribution >= 0.6 is 0 Å². The van der Waals surface area contributed by atoms with Gasteiger partial charge in [-0.3, -0.25) is 14.9 Å². The Bertz CT molecular complexity index is 168. The van der Waals surface area contributed by atoms with Crippen molar-refractivity contribution in [2.45, 2.75) is 13.8 Å².